The molecule has 4 aromatic heterocycles. The van der Waals surface area contributed by atoms with Crippen molar-refractivity contribution in [3.05, 3.63) is 66.7 Å². The van der Waals surface area contributed by atoms with Gasteiger partial charge in [-0.15, -0.1) is 0 Å². The molecule has 0 unspecified atom stereocenters. The summed E-state index contributed by atoms with van der Waals surface area (Å²) in [6.07, 6.45) is 5.52. The maximum Gasteiger partial charge on any atom is 0.154 e. The van der Waals surface area contributed by atoms with E-state index in [1.807, 2.05) is 54.0 Å². The van der Waals surface area contributed by atoms with Crippen LogP contribution in [0.5, 0.6) is 5.75 Å². The minimum Gasteiger partial charge on any atom is -0.489 e. The highest BCUT2D eigenvalue weighted by molar-refractivity contribution is 5.75. The minimum absolute atomic E-state index is 0.0421. The van der Waals surface area contributed by atoms with Crippen molar-refractivity contribution in [2.45, 2.75) is 13.0 Å². The Balaban J connectivity index is 1.41. The van der Waals surface area contributed by atoms with E-state index in [2.05, 4.69) is 31.8 Å². The van der Waals surface area contributed by atoms with E-state index in [1.54, 1.807) is 12.4 Å². The highest BCUT2D eigenvalue weighted by atomic mass is 16.5. The Hall–Kier alpha value is -3.49. The van der Waals surface area contributed by atoms with E-state index < -0.39 is 0 Å². The quantitative estimate of drug-likeness (QED) is 0.499. The molecule has 1 atom stereocenters. The Bertz CT molecular complexity index is 1170. The van der Waals surface area contributed by atoms with Gasteiger partial charge in [-0.3, -0.25) is 4.98 Å². The van der Waals surface area contributed by atoms with Gasteiger partial charge in [-0.1, -0.05) is 6.07 Å². The van der Waals surface area contributed by atoms with Gasteiger partial charge in [0.15, 0.2) is 5.82 Å². The lowest BCUT2D eigenvalue weighted by molar-refractivity contribution is 0.000245. The van der Waals surface area contributed by atoms with E-state index in [1.165, 1.54) is 0 Å². The molecule has 1 aliphatic rings. The number of anilines is 2. The Morgan fingerprint density at radius 2 is 2.16 bits per heavy atom. The summed E-state index contributed by atoms with van der Waals surface area (Å²) < 4.78 is 13.7. The number of nitrogens with one attached hydrogen (secondary N) is 2. The summed E-state index contributed by atoms with van der Waals surface area (Å²) in [4.78, 5) is 8.72. The van der Waals surface area contributed by atoms with Crippen LogP contribution in [0.1, 0.15) is 5.69 Å². The van der Waals surface area contributed by atoms with E-state index >= 15 is 0 Å². The molecule has 0 radical (unpaired) electrons. The monoisotopic (exact) mass is 416 g/mol. The molecule has 0 amide bonds. The summed E-state index contributed by atoms with van der Waals surface area (Å²) in [6, 6.07) is 13.9. The molecule has 1 aliphatic heterocycles. The van der Waals surface area contributed by atoms with E-state index in [9.17, 15) is 0 Å². The molecule has 0 saturated carbocycles. The first-order chi connectivity index (χ1) is 15.2. The van der Waals surface area contributed by atoms with E-state index in [4.69, 9.17) is 9.47 Å². The topological polar surface area (TPSA) is 85.6 Å². The molecule has 0 spiro atoms. The smallest absolute Gasteiger partial charge is 0.154 e. The number of hydrogen-bond donors (Lipinski definition) is 2. The van der Waals surface area contributed by atoms with E-state index in [-0.39, 0.29) is 6.10 Å². The molecule has 2 N–H and O–H groups in total. The first-order valence-corrected chi connectivity index (χ1v) is 10.3. The summed E-state index contributed by atoms with van der Waals surface area (Å²) >= 11 is 0. The second-order valence-corrected chi connectivity index (χ2v) is 7.48. The normalized spacial score (nSPS) is 16.4. The lowest BCUT2D eigenvalue weighted by atomic mass is 10.1. The van der Waals surface area contributed by atoms with Gasteiger partial charge in [0, 0.05) is 42.8 Å². The molecule has 158 valence electrons. The standard InChI is InChI=1S/C23H24N6O2/c1-16-10-20(21(14-26-16)31-15-19-13-24-7-9-30-19)17-5-8-29-18(11-17)12-23(28-29)27-22-4-2-3-6-25-22/h2-6,8,10-12,14,19,24H,7,9,13,15H2,1H3,(H,25,27,28)/t19-/m1/s1. The second kappa shape index (κ2) is 8.71. The lowest BCUT2D eigenvalue weighted by Crippen LogP contribution is -2.41. The predicted octanol–water partition coefficient (Wildman–Crippen LogP) is 3.21. The number of pyridine rings is 3. The number of ether oxygens (including phenoxy) is 2. The van der Waals surface area contributed by atoms with Gasteiger partial charge in [-0.2, -0.15) is 5.10 Å². The van der Waals surface area contributed by atoms with Crippen molar-refractivity contribution in [1.82, 2.24) is 24.9 Å². The average molecular weight is 416 g/mol. The number of rotatable bonds is 6. The van der Waals surface area contributed by atoms with Crippen molar-refractivity contribution in [1.29, 1.82) is 0 Å². The van der Waals surface area contributed by atoms with E-state index in [0.29, 0.717) is 13.2 Å². The molecule has 1 fully saturated rings. The number of hydrogen-bond acceptors (Lipinski definition) is 7. The largest absolute Gasteiger partial charge is 0.489 e. The summed E-state index contributed by atoms with van der Waals surface area (Å²) in [7, 11) is 0. The fourth-order valence-corrected chi connectivity index (χ4v) is 3.59. The van der Waals surface area contributed by atoms with E-state index in [0.717, 1.165) is 52.8 Å². The zero-order chi connectivity index (χ0) is 21.0. The van der Waals surface area contributed by atoms with Crippen LogP contribution in [0.4, 0.5) is 11.6 Å². The summed E-state index contributed by atoms with van der Waals surface area (Å²) in [6.45, 7) is 4.85. The maximum atomic E-state index is 6.11. The van der Waals surface area contributed by atoms with Gasteiger partial charge >= 0.3 is 0 Å². The van der Waals surface area contributed by atoms with Crippen LogP contribution in [0.2, 0.25) is 0 Å². The number of aromatic nitrogens is 4. The lowest BCUT2D eigenvalue weighted by Gasteiger charge is -2.24. The number of aryl methyl sites for hydroxylation is 1. The third kappa shape index (κ3) is 4.50. The third-order valence-electron chi connectivity index (χ3n) is 5.13. The van der Waals surface area contributed by atoms with Crippen LogP contribution in [0.15, 0.2) is 61.1 Å². The molecule has 5 heterocycles. The predicted molar refractivity (Wildman–Crippen MR) is 119 cm³/mol. The summed E-state index contributed by atoms with van der Waals surface area (Å²) in [5.41, 5.74) is 3.94. The van der Waals surface area contributed by atoms with Gasteiger partial charge in [0.2, 0.25) is 0 Å². The fourth-order valence-electron chi connectivity index (χ4n) is 3.59. The Morgan fingerprint density at radius 3 is 3.00 bits per heavy atom. The molecule has 5 rings (SSSR count). The zero-order valence-corrected chi connectivity index (χ0v) is 17.3. The summed E-state index contributed by atoms with van der Waals surface area (Å²) in [5, 5.41) is 11.1. The third-order valence-corrected chi connectivity index (χ3v) is 5.13. The molecule has 8 heteroatoms. The summed E-state index contributed by atoms with van der Waals surface area (Å²) in [5.74, 6) is 2.24. The molecule has 4 aromatic rings. The van der Waals surface area contributed by atoms with Crippen LogP contribution in [0, 0.1) is 6.92 Å². The van der Waals surface area contributed by atoms with Gasteiger partial charge in [0.1, 0.15) is 24.3 Å². The average Bonchev–Trinajstić information content (AvgIpc) is 3.21. The van der Waals surface area contributed by atoms with Crippen LogP contribution in [-0.4, -0.2) is 52.0 Å². The van der Waals surface area contributed by atoms with Crippen molar-refractivity contribution >= 4 is 17.2 Å². The highest BCUT2D eigenvalue weighted by Gasteiger charge is 2.16. The SMILES string of the molecule is Cc1cc(-c2ccn3nc(Nc4ccccn4)cc3c2)c(OC[C@H]2CNCCO2)cn1. The van der Waals surface area contributed by atoms with Crippen molar-refractivity contribution < 1.29 is 9.47 Å². The highest BCUT2D eigenvalue weighted by Crippen LogP contribution is 2.31. The Labute approximate surface area is 180 Å². The zero-order valence-electron chi connectivity index (χ0n) is 17.3. The molecule has 0 bridgehead atoms. The van der Waals surface area contributed by atoms with Gasteiger partial charge in [-0.25, -0.2) is 9.50 Å². The molecular formula is C23H24N6O2. The van der Waals surface area contributed by atoms with Gasteiger partial charge in [0.25, 0.3) is 0 Å². The number of nitrogens with zero attached hydrogens (tertiary/aromatic N) is 4. The van der Waals surface area contributed by atoms with Crippen LogP contribution < -0.4 is 15.4 Å². The van der Waals surface area contributed by atoms with Gasteiger partial charge < -0.3 is 20.1 Å². The Morgan fingerprint density at radius 1 is 1.19 bits per heavy atom. The first-order valence-electron chi connectivity index (χ1n) is 10.3. The van der Waals surface area contributed by atoms with Crippen molar-refractivity contribution in [3.8, 4) is 16.9 Å². The first kappa shape index (κ1) is 19.5. The van der Waals surface area contributed by atoms with Crippen molar-refractivity contribution in [2.24, 2.45) is 0 Å². The van der Waals surface area contributed by atoms with Crippen LogP contribution in [0.25, 0.3) is 16.6 Å². The molecular weight excluding hydrogens is 392 g/mol. The van der Waals surface area contributed by atoms with Gasteiger partial charge in [0.05, 0.1) is 18.3 Å². The van der Waals surface area contributed by atoms with Crippen LogP contribution in [-0.2, 0) is 4.74 Å². The number of morpholine rings is 1. The molecule has 1 saturated heterocycles. The molecule has 0 aliphatic carbocycles. The number of fused-ring (bicyclic) bond motifs is 1. The molecule has 0 aromatic carbocycles. The van der Waals surface area contributed by atoms with Gasteiger partial charge in [-0.05, 0) is 42.8 Å². The minimum atomic E-state index is 0.0421. The Kier molecular flexibility index (Phi) is 5.47. The van der Waals surface area contributed by atoms with Crippen molar-refractivity contribution in [3.63, 3.8) is 0 Å². The maximum absolute atomic E-state index is 6.11. The molecule has 8 nitrogen and oxygen atoms in total. The second-order valence-electron chi connectivity index (χ2n) is 7.48. The fraction of sp³-hybridized carbons (Fsp3) is 0.261. The van der Waals surface area contributed by atoms with Crippen molar-refractivity contribution in [2.75, 3.05) is 31.6 Å². The molecule has 31 heavy (non-hydrogen) atoms. The van der Waals surface area contributed by atoms with Crippen LogP contribution in [0.3, 0.4) is 0 Å². The van der Waals surface area contributed by atoms with Crippen LogP contribution >= 0.6 is 0 Å².